The fourth-order valence-electron chi connectivity index (χ4n) is 2.61. The highest BCUT2D eigenvalue weighted by Crippen LogP contribution is 2.26. The summed E-state index contributed by atoms with van der Waals surface area (Å²) in [5.41, 5.74) is 2.19. The van der Waals surface area contributed by atoms with Gasteiger partial charge < -0.3 is 14.8 Å². The van der Waals surface area contributed by atoms with Crippen LogP contribution < -0.4 is 5.32 Å². The monoisotopic (exact) mass is 301 g/mol. The number of rotatable bonds is 4. The van der Waals surface area contributed by atoms with Crippen molar-refractivity contribution in [2.24, 2.45) is 0 Å². The molecule has 4 nitrogen and oxygen atoms in total. The van der Waals surface area contributed by atoms with E-state index in [0.29, 0.717) is 16.9 Å². The number of benzene rings is 1. The summed E-state index contributed by atoms with van der Waals surface area (Å²) in [7, 11) is 0. The Morgan fingerprint density at radius 3 is 2.55 bits per heavy atom. The second-order valence-electron chi connectivity index (χ2n) is 6.03. The zero-order valence-electron chi connectivity index (χ0n) is 13.8. The van der Waals surface area contributed by atoms with Crippen molar-refractivity contribution in [1.82, 2.24) is 5.32 Å². The van der Waals surface area contributed by atoms with Gasteiger partial charge in [0.2, 0.25) is 0 Å². The van der Waals surface area contributed by atoms with Crippen LogP contribution >= 0.6 is 0 Å². The van der Waals surface area contributed by atoms with Crippen LogP contribution in [0.3, 0.4) is 0 Å². The maximum atomic E-state index is 12.3. The summed E-state index contributed by atoms with van der Waals surface area (Å²) < 4.78 is 5.45. The van der Waals surface area contributed by atoms with Crippen molar-refractivity contribution < 1.29 is 14.3 Å². The fourth-order valence-corrected chi connectivity index (χ4v) is 2.61. The SMILES string of the molecule is Cc1cc(C(C)(O)CNC(=O)c2cccc(C)c2C)c(C)o1. The van der Waals surface area contributed by atoms with Gasteiger partial charge in [-0.05, 0) is 57.9 Å². The van der Waals surface area contributed by atoms with Crippen LogP contribution in [0.1, 0.15) is 45.5 Å². The Hall–Kier alpha value is -2.07. The average molecular weight is 301 g/mol. The number of carbonyl (C=O) groups is 1. The molecule has 0 saturated heterocycles. The van der Waals surface area contributed by atoms with Crippen molar-refractivity contribution in [3.05, 3.63) is 58.0 Å². The fraction of sp³-hybridized carbons (Fsp3) is 0.389. The molecule has 4 heteroatoms. The van der Waals surface area contributed by atoms with Gasteiger partial charge in [0.1, 0.15) is 17.1 Å². The van der Waals surface area contributed by atoms with Crippen LogP contribution in [0.5, 0.6) is 0 Å². The van der Waals surface area contributed by atoms with E-state index >= 15 is 0 Å². The first kappa shape index (κ1) is 16.3. The first-order chi connectivity index (χ1) is 10.2. The second-order valence-corrected chi connectivity index (χ2v) is 6.03. The molecule has 1 aromatic heterocycles. The van der Waals surface area contributed by atoms with Crippen LogP contribution in [0, 0.1) is 27.7 Å². The molecular formula is C18H23NO3. The van der Waals surface area contributed by atoms with Gasteiger partial charge in [-0.15, -0.1) is 0 Å². The molecule has 22 heavy (non-hydrogen) atoms. The highest BCUT2D eigenvalue weighted by Gasteiger charge is 2.28. The largest absolute Gasteiger partial charge is 0.466 e. The third-order valence-corrected chi connectivity index (χ3v) is 4.06. The molecule has 1 atom stereocenters. The third kappa shape index (κ3) is 3.22. The van der Waals surface area contributed by atoms with E-state index in [1.165, 1.54) is 0 Å². The Balaban J connectivity index is 2.13. The van der Waals surface area contributed by atoms with E-state index < -0.39 is 5.60 Å². The molecule has 0 spiro atoms. The van der Waals surface area contributed by atoms with Crippen molar-refractivity contribution in [2.75, 3.05) is 6.54 Å². The summed E-state index contributed by atoms with van der Waals surface area (Å²) in [5.74, 6) is 1.23. The second kappa shape index (κ2) is 5.97. The molecule has 0 aliphatic rings. The number of hydrogen-bond acceptors (Lipinski definition) is 3. The lowest BCUT2D eigenvalue weighted by molar-refractivity contribution is 0.0514. The number of nitrogens with one attached hydrogen (secondary N) is 1. The number of carbonyl (C=O) groups excluding carboxylic acids is 1. The Labute approximate surface area is 131 Å². The molecule has 0 saturated carbocycles. The molecule has 2 aromatic rings. The van der Waals surface area contributed by atoms with Gasteiger partial charge in [-0.25, -0.2) is 0 Å². The normalized spacial score (nSPS) is 13.7. The zero-order valence-corrected chi connectivity index (χ0v) is 13.8. The summed E-state index contributed by atoms with van der Waals surface area (Å²) in [4.78, 5) is 12.3. The van der Waals surface area contributed by atoms with Gasteiger partial charge in [0.05, 0.1) is 6.54 Å². The third-order valence-electron chi connectivity index (χ3n) is 4.06. The van der Waals surface area contributed by atoms with Gasteiger partial charge in [0.25, 0.3) is 5.91 Å². The minimum atomic E-state index is -1.17. The van der Waals surface area contributed by atoms with Crippen molar-refractivity contribution in [2.45, 2.75) is 40.2 Å². The minimum Gasteiger partial charge on any atom is -0.466 e. The maximum absolute atomic E-state index is 12.3. The zero-order chi connectivity index (χ0) is 16.5. The quantitative estimate of drug-likeness (QED) is 0.912. The van der Waals surface area contributed by atoms with E-state index in [9.17, 15) is 9.90 Å². The first-order valence-electron chi connectivity index (χ1n) is 7.36. The number of furan rings is 1. The smallest absolute Gasteiger partial charge is 0.251 e. The summed E-state index contributed by atoms with van der Waals surface area (Å²) in [6, 6.07) is 7.43. The van der Waals surface area contributed by atoms with Gasteiger partial charge in [0, 0.05) is 11.1 Å². The van der Waals surface area contributed by atoms with Gasteiger partial charge in [0.15, 0.2) is 0 Å². The van der Waals surface area contributed by atoms with Crippen LogP contribution in [-0.4, -0.2) is 17.6 Å². The van der Waals surface area contributed by atoms with E-state index in [4.69, 9.17) is 4.42 Å². The summed E-state index contributed by atoms with van der Waals surface area (Å²) >= 11 is 0. The molecular weight excluding hydrogens is 278 g/mol. The molecule has 2 N–H and O–H groups in total. The summed E-state index contributed by atoms with van der Waals surface area (Å²) in [5, 5.41) is 13.4. The summed E-state index contributed by atoms with van der Waals surface area (Å²) in [6.45, 7) is 9.34. The predicted octanol–water partition coefficient (Wildman–Crippen LogP) is 3.15. The Bertz CT molecular complexity index is 698. The Morgan fingerprint density at radius 2 is 1.95 bits per heavy atom. The Morgan fingerprint density at radius 1 is 1.27 bits per heavy atom. The van der Waals surface area contributed by atoms with Gasteiger partial charge in [-0.3, -0.25) is 4.79 Å². The number of amides is 1. The van der Waals surface area contributed by atoms with E-state index in [2.05, 4.69) is 5.32 Å². The molecule has 0 fully saturated rings. The molecule has 0 aliphatic carbocycles. The molecule has 118 valence electrons. The summed E-state index contributed by atoms with van der Waals surface area (Å²) in [6.07, 6.45) is 0. The van der Waals surface area contributed by atoms with E-state index in [0.717, 1.165) is 16.9 Å². The minimum absolute atomic E-state index is 0.124. The Kier molecular flexibility index (Phi) is 4.42. The molecule has 1 aromatic carbocycles. The van der Waals surface area contributed by atoms with Crippen molar-refractivity contribution in [1.29, 1.82) is 0 Å². The van der Waals surface area contributed by atoms with Crippen molar-refractivity contribution in [3.63, 3.8) is 0 Å². The topological polar surface area (TPSA) is 62.5 Å². The molecule has 2 rings (SSSR count). The van der Waals surface area contributed by atoms with E-state index in [1.807, 2.05) is 39.8 Å². The van der Waals surface area contributed by atoms with Crippen LogP contribution in [0.15, 0.2) is 28.7 Å². The van der Waals surface area contributed by atoms with Gasteiger partial charge in [-0.2, -0.15) is 0 Å². The highest BCUT2D eigenvalue weighted by atomic mass is 16.3. The average Bonchev–Trinajstić information content (AvgIpc) is 2.79. The van der Waals surface area contributed by atoms with Crippen LogP contribution in [0.25, 0.3) is 0 Å². The lowest BCUT2D eigenvalue weighted by atomic mass is 9.95. The molecule has 0 bridgehead atoms. The van der Waals surface area contributed by atoms with E-state index in [1.54, 1.807) is 19.1 Å². The predicted molar refractivity (Wildman–Crippen MR) is 86.0 cm³/mol. The lowest BCUT2D eigenvalue weighted by Crippen LogP contribution is -2.39. The highest BCUT2D eigenvalue weighted by molar-refractivity contribution is 5.95. The first-order valence-corrected chi connectivity index (χ1v) is 7.36. The van der Waals surface area contributed by atoms with E-state index in [-0.39, 0.29) is 12.5 Å². The van der Waals surface area contributed by atoms with Gasteiger partial charge >= 0.3 is 0 Å². The molecule has 1 heterocycles. The number of hydrogen-bond donors (Lipinski definition) is 2. The molecule has 1 unspecified atom stereocenters. The van der Waals surface area contributed by atoms with Crippen LogP contribution in [0.4, 0.5) is 0 Å². The van der Waals surface area contributed by atoms with Crippen molar-refractivity contribution in [3.8, 4) is 0 Å². The molecule has 1 amide bonds. The van der Waals surface area contributed by atoms with Crippen molar-refractivity contribution >= 4 is 5.91 Å². The van der Waals surface area contributed by atoms with Crippen LogP contribution in [-0.2, 0) is 5.60 Å². The standard InChI is InChI=1S/C18H23NO3/c1-11-7-6-8-15(13(11)3)17(20)19-10-18(5,21)16-9-12(2)22-14(16)4/h6-9,21H,10H2,1-5H3,(H,19,20). The number of aryl methyl sites for hydroxylation is 3. The maximum Gasteiger partial charge on any atom is 0.251 e. The van der Waals surface area contributed by atoms with Gasteiger partial charge in [-0.1, -0.05) is 12.1 Å². The lowest BCUT2D eigenvalue weighted by Gasteiger charge is -2.23. The molecule has 0 radical (unpaired) electrons. The molecule has 0 aliphatic heterocycles. The van der Waals surface area contributed by atoms with Crippen LogP contribution in [0.2, 0.25) is 0 Å². The number of aliphatic hydroxyl groups is 1.